The van der Waals surface area contributed by atoms with Gasteiger partial charge in [0.05, 0.1) is 25.4 Å². The van der Waals surface area contributed by atoms with Crippen LogP contribution in [0.4, 0.5) is 0 Å². The molecule has 2 atom stereocenters. The Bertz CT molecular complexity index is 398. The van der Waals surface area contributed by atoms with Crippen LogP contribution in [0.2, 0.25) is 0 Å². The number of hydrogen-bond acceptors (Lipinski definition) is 4. The van der Waals surface area contributed by atoms with E-state index < -0.39 is 0 Å². The Kier molecular flexibility index (Phi) is 4.21. The van der Waals surface area contributed by atoms with Crippen molar-refractivity contribution in [2.45, 2.75) is 44.9 Å². The number of morpholine rings is 1. The molecule has 19 heavy (non-hydrogen) atoms. The van der Waals surface area contributed by atoms with E-state index in [-0.39, 0.29) is 6.10 Å². The van der Waals surface area contributed by atoms with Crippen molar-refractivity contribution in [2.24, 2.45) is 0 Å². The fourth-order valence-electron chi connectivity index (χ4n) is 2.91. The van der Waals surface area contributed by atoms with Gasteiger partial charge in [0.15, 0.2) is 0 Å². The molecule has 1 aromatic rings. The molecular formula is C15H23NO3. The molecular weight excluding hydrogens is 242 g/mol. The van der Waals surface area contributed by atoms with Gasteiger partial charge >= 0.3 is 0 Å². The first kappa shape index (κ1) is 13.2. The molecule has 0 saturated carbocycles. The SMILES string of the molecule is CCc1ccc(CN2CCO[C@H]([C@@H]3CCCO3)C2)o1. The van der Waals surface area contributed by atoms with Gasteiger partial charge in [0.2, 0.25) is 0 Å². The van der Waals surface area contributed by atoms with Crippen LogP contribution >= 0.6 is 0 Å². The van der Waals surface area contributed by atoms with Crippen LogP contribution in [-0.4, -0.2) is 43.4 Å². The highest BCUT2D eigenvalue weighted by Crippen LogP contribution is 2.22. The van der Waals surface area contributed by atoms with Crippen LogP contribution in [0, 0.1) is 0 Å². The maximum Gasteiger partial charge on any atom is 0.118 e. The zero-order chi connectivity index (χ0) is 13.1. The molecule has 2 aliphatic heterocycles. The van der Waals surface area contributed by atoms with Crippen LogP contribution in [0.25, 0.3) is 0 Å². The Morgan fingerprint density at radius 2 is 2.00 bits per heavy atom. The molecule has 4 heteroatoms. The summed E-state index contributed by atoms with van der Waals surface area (Å²) >= 11 is 0. The van der Waals surface area contributed by atoms with Crippen LogP contribution in [0.1, 0.15) is 31.3 Å². The van der Waals surface area contributed by atoms with Gasteiger partial charge in [-0.1, -0.05) is 6.92 Å². The summed E-state index contributed by atoms with van der Waals surface area (Å²) in [6.45, 7) is 6.62. The molecule has 0 bridgehead atoms. The molecule has 0 aliphatic carbocycles. The summed E-state index contributed by atoms with van der Waals surface area (Å²) in [5, 5.41) is 0. The van der Waals surface area contributed by atoms with Crippen molar-refractivity contribution in [3.05, 3.63) is 23.7 Å². The molecule has 0 amide bonds. The molecule has 2 aliphatic rings. The van der Waals surface area contributed by atoms with Gasteiger partial charge in [0, 0.05) is 26.1 Å². The maximum atomic E-state index is 5.86. The Morgan fingerprint density at radius 3 is 2.74 bits per heavy atom. The van der Waals surface area contributed by atoms with Crippen LogP contribution in [0.5, 0.6) is 0 Å². The molecule has 1 aromatic heterocycles. The molecule has 0 unspecified atom stereocenters. The zero-order valence-electron chi connectivity index (χ0n) is 11.6. The summed E-state index contributed by atoms with van der Waals surface area (Å²) in [5.41, 5.74) is 0. The van der Waals surface area contributed by atoms with Crippen LogP contribution < -0.4 is 0 Å². The van der Waals surface area contributed by atoms with Gasteiger partial charge in [-0.05, 0) is 25.0 Å². The third-order valence-electron chi connectivity index (χ3n) is 4.00. The van der Waals surface area contributed by atoms with E-state index in [1.807, 2.05) is 0 Å². The summed E-state index contributed by atoms with van der Waals surface area (Å²) < 4.78 is 17.4. The summed E-state index contributed by atoms with van der Waals surface area (Å²) in [5.74, 6) is 2.13. The largest absolute Gasteiger partial charge is 0.465 e. The quantitative estimate of drug-likeness (QED) is 0.836. The molecule has 3 heterocycles. The molecule has 2 fully saturated rings. The highest BCUT2D eigenvalue weighted by Gasteiger charge is 2.31. The van der Waals surface area contributed by atoms with Gasteiger partial charge < -0.3 is 13.9 Å². The normalized spacial score (nSPS) is 28.9. The minimum absolute atomic E-state index is 0.233. The number of aryl methyl sites for hydroxylation is 1. The van der Waals surface area contributed by atoms with E-state index in [0.29, 0.717) is 6.10 Å². The first-order valence-corrected chi connectivity index (χ1v) is 7.38. The van der Waals surface area contributed by atoms with Crippen LogP contribution in [0.3, 0.4) is 0 Å². The third kappa shape index (κ3) is 3.19. The van der Waals surface area contributed by atoms with E-state index in [9.17, 15) is 0 Å². The van der Waals surface area contributed by atoms with E-state index in [4.69, 9.17) is 13.9 Å². The van der Waals surface area contributed by atoms with E-state index in [1.165, 1.54) is 6.42 Å². The molecule has 0 aromatic carbocycles. The lowest BCUT2D eigenvalue weighted by Gasteiger charge is -2.34. The Labute approximate surface area is 114 Å². The highest BCUT2D eigenvalue weighted by atomic mass is 16.5. The van der Waals surface area contributed by atoms with Gasteiger partial charge in [-0.3, -0.25) is 4.90 Å². The first-order valence-electron chi connectivity index (χ1n) is 7.38. The van der Waals surface area contributed by atoms with Gasteiger partial charge in [0.1, 0.15) is 11.5 Å². The topological polar surface area (TPSA) is 34.8 Å². The minimum Gasteiger partial charge on any atom is -0.465 e. The smallest absolute Gasteiger partial charge is 0.118 e. The van der Waals surface area contributed by atoms with Crippen molar-refractivity contribution in [1.29, 1.82) is 0 Å². The van der Waals surface area contributed by atoms with Crippen molar-refractivity contribution in [2.75, 3.05) is 26.3 Å². The van der Waals surface area contributed by atoms with Crippen molar-refractivity contribution < 1.29 is 13.9 Å². The number of nitrogens with zero attached hydrogens (tertiary/aromatic N) is 1. The van der Waals surface area contributed by atoms with Crippen LogP contribution in [0.15, 0.2) is 16.5 Å². The molecule has 0 radical (unpaired) electrons. The van der Waals surface area contributed by atoms with Gasteiger partial charge in [-0.15, -0.1) is 0 Å². The van der Waals surface area contributed by atoms with Crippen molar-refractivity contribution >= 4 is 0 Å². The molecule has 106 valence electrons. The van der Waals surface area contributed by atoms with E-state index in [0.717, 1.165) is 57.2 Å². The van der Waals surface area contributed by atoms with Crippen molar-refractivity contribution in [1.82, 2.24) is 4.90 Å². The van der Waals surface area contributed by atoms with Gasteiger partial charge in [-0.25, -0.2) is 0 Å². The lowest BCUT2D eigenvalue weighted by atomic mass is 10.1. The first-order chi connectivity index (χ1) is 9.35. The average Bonchev–Trinajstić information content (AvgIpc) is 3.10. The summed E-state index contributed by atoms with van der Waals surface area (Å²) in [4.78, 5) is 2.41. The lowest BCUT2D eigenvalue weighted by molar-refractivity contribution is -0.0968. The summed E-state index contributed by atoms with van der Waals surface area (Å²) in [6.07, 6.45) is 3.80. The predicted octanol–water partition coefficient (Wildman–Crippen LogP) is 2.22. The second kappa shape index (κ2) is 6.07. The maximum absolute atomic E-state index is 5.86. The second-order valence-corrected chi connectivity index (χ2v) is 5.42. The number of hydrogen-bond donors (Lipinski definition) is 0. The highest BCUT2D eigenvalue weighted by molar-refractivity contribution is 5.07. The Balaban J connectivity index is 1.55. The monoisotopic (exact) mass is 265 g/mol. The van der Waals surface area contributed by atoms with E-state index in [2.05, 4.69) is 24.0 Å². The lowest BCUT2D eigenvalue weighted by Crippen LogP contribution is -2.47. The average molecular weight is 265 g/mol. The molecule has 2 saturated heterocycles. The number of rotatable bonds is 4. The summed E-state index contributed by atoms with van der Waals surface area (Å²) in [6, 6.07) is 4.17. The molecule has 3 rings (SSSR count). The predicted molar refractivity (Wildman–Crippen MR) is 72.1 cm³/mol. The molecule has 0 spiro atoms. The standard InChI is InChI=1S/C15H23NO3/c1-2-12-5-6-13(19-12)10-16-7-9-18-15(11-16)14-4-3-8-17-14/h5-6,14-15H,2-4,7-11H2,1H3/t14-,15-/m0/s1. The fourth-order valence-corrected chi connectivity index (χ4v) is 2.91. The molecule has 4 nitrogen and oxygen atoms in total. The Morgan fingerprint density at radius 1 is 1.16 bits per heavy atom. The van der Waals surface area contributed by atoms with Crippen molar-refractivity contribution in [3.63, 3.8) is 0 Å². The number of furan rings is 1. The van der Waals surface area contributed by atoms with E-state index in [1.54, 1.807) is 0 Å². The minimum atomic E-state index is 0.233. The van der Waals surface area contributed by atoms with Gasteiger partial charge in [-0.2, -0.15) is 0 Å². The third-order valence-corrected chi connectivity index (χ3v) is 4.00. The number of ether oxygens (including phenoxy) is 2. The van der Waals surface area contributed by atoms with Gasteiger partial charge in [0.25, 0.3) is 0 Å². The van der Waals surface area contributed by atoms with Crippen molar-refractivity contribution in [3.8, 4) is 0 Å². The van der Waals surface area contributed by atoms with E-state index >= 15 is 0 Å². The fraction of sp³-hybridized carbons (Fsp3) is 0.733. The Hall–Kier alpha value is -0.840. The second-order valence-electron chi connectivity index (χ2n) is 5.42. The molecule has 0 N–H and O–H groups in total. The summed E-state index contributed by atoms with van der Waals surface area (Å²) in [7, 11) is 0. The van der Waals surface area contributed by atoms with Crippen LogP contribution in [-0.2, 0) is 22.4 Å². The zero-order valence-corrected chi connectivity index (χ0v) is 11.6.